The molecule has 2 unspecified atom stereocenters. The summed E-state index contributed by atoms with van der Waals surface area (Å²) in [7, 11) is 0. The molecule has 0 radical (unpaired) electrons. The van der Waals surface area contributed by atoms with Gasteiger partial charge in [0.1, 0.15) is 0 Å². The van der Waals surface area contributed by atoms with Crippen LogP contribution in [0.2, 0.25) is 0 Å². The minimum Gasteiger partial charge on any atom is -0.388 e. The number of hydrogen-bond acceptors (Lipinski definition) is 2. The Morgan fingerprint density at radius 1 is 1.50 bits per heavy atom. The predicted molar refractivity (Wildman–Crippen MR) is 75.1 cm³/mol. The number of thiophene rings is 1. The van der Waals surface area contributed by atoms with Gasteiger partial charge in [0.15, 0.2) is 0 Å². The summed E-state index contributed by atoms with van der Waals surface area (Å²) >= 11 is 1.82. The van der Waals surface area contributed by atoms with Crippen LogP contribution in [0.5, 0.6) is 0 Å². The molecule has 2 nitrogen and oxygen atoms in total. The first-order valence-corrected chi connectivity index (χ1v) is 7.60. The van der Waals surface area contributed by atoms with Gasteiger partial charge in [-0.2, -0.15) is 0 Å². The van der Waals surface area contributed by atoms with Gasteiger partial charge >= 0.3 is 0 Å². The fraction of sp³-hybridized carbons (Fsp3) is 0.467. The van der Waals surface area contributed by atoms with E-state index < -0.39 is 0 Å². The average Bonchev–Trinajstić information content (AvgIpc) is 3.01. The highest BCUT2D eigenvalue weighted by Gasteiger charge is 2.24. The molecule has 1 N–H and O–H groups in total. The zero-order valence-corrected chi connectivity index (χ0v) is 11.5. The number of aliphatic hydroxyl groups is 1. The van der Waals surface area contributed by atoms with Gasteiger partial charge in [-0.05, 0) is 43.2 Å². The lowest BCUT2D eigenvalue weighted by Gasteiger charge is -2.24. The predicted octanol–water partition coefficient (Wildman–Crippen LogP) is 3.92. The van der Waals surface area contributed by atoms with Crippen molar-refractivity contribution in [1.29, 1.82) is 0 Å². The van der Waals surface area contributed by atoms with Gasteiger partial charge in [-0.25, -0.2) is 0 Å². The summed E-state index contributed by atoms with van der Waals surface area (Å²) in [6.07, 6.45) is 6.11. The van der Waals surface area contributed by atoms with Gasteiger partial charge in [-0.1, -0.05) is 13.0 Å². The second-order valence-corrected chi connectivity index (χ2v) is 5.95. The fourth-order valence-electron chi connectivity index (χ4n) is 3.00. The van der Waals surface area contributed by atoms with E-state index in [1.165, 1.54) is 10.6 Å². The van der Waals surface area contributed by atoms with E-state index in [-0.39, 0.29) is 6.10 Å². The Bertz CT molecular complexity index is 515. The van der Waals surface area contributed by atoms with Crippen LogP contribution in [0.1, 0.15) is 54.5 Å². The molecule has 0 aromatic carbocycles. The summed E-state index contributed by atoms with van der Waals surface area (Å²) in [6.45, 7) is 2.23. The standard InChI is InChI=1S/C15H19NOS/c1-2-12(15-7-4-10-18-15)16-9-8-11-13(16)5-3-6-14(11)17/h4,7-10,12,14,17H,2-3,5-6H2,1H3. The number of rotatable bonds is 3. The zero-order valence-electron chi connectivity index (χ0n) is 10.7. The largest absolute Gasteiger partial charge is 0.388 e. The molecule has 0 spiro atoms. The molecule has 2 heterocycles. The van der Waals surface area contributed by atoms with Gasteiger partial charge in [0.05, 0.1) is 12.1 Å². The Balaban J connectivity index is 2.01. The van der Waals surface area contributed by atoms with Crippen molar-refractivity contribution in [2.45, 2.75) is 44.8 Å². The van der Waals surface area contributed by atoms with Crippen LogP contribution in [0.4, 0.5) is 0 Å². The smallest absolute Gasteiger partial charge is 0.0807 e. The van der Waals surface area contributed by atoms with Crippen LogP contribution < -0.4 is 0 Å². The van der Waals surface area contributed by atoms with Gasteiger partial charge in [-0.3, -0.25) is 0 Å². The Kier molecular flexibility index (Phi) is 3.27. The zero-order chi connectivity index (χ0) is 12.5. The van der Waals surface area contributed by atoms with E-state index in [1.54, 1.807) is 0 Å². The number of fused-ring (bicyclic) bond motifs is 1. The lowest BCUT2D eigenvalue weighted by molar-refractivity contribution is 0.155. The highest BCUT2D eigenvalue weighted by Crippen LogP contribution is 2.35. The molecule has 2 atom stereocenters. The Labute approximate surface area is 112 Å². The first kappa shape index (κ1) is 12.0. The number of hydrogen-bond donors (Lipinski definition) is 1. The highest BCUT2D eigenvalue weighted by molar-refractivity contribution is 7.10. The van der Waals surface area contributed by atoms with E-state index in [1.807, 2.05) is 11.3 Å². The lowest BCUT2D eigenvalue weighted by Crippen LogP contribution is -2.15. The van der Waals surface area contributed by atoms with Crippen LogP contribution in [-0.4, -0.2) is 9.67 Å². The topological polar surface area (TPSA) is 25.2 Å². The SMILES string of the molecule is CCC(c1cccs1)n1ccc2c1CCCC2O. The molecule has 1 aliphatic rings. The summed E-state index contributed by atoms with van der Waals surface area (Å²) in [5, 5.41) is 12.2. The molecule has 3 heteroatoms. The van der Waals surface area contributed by atoms with Gasteiger partial charge in [0, 0.05) is 22.3 Å². The van der Waals surface area contributed by atoms with E-state index in [0.717, 1.165) is 31.2 Å². The molecule has 0 amide bonds. The third-order valence-corrected chi connectivity index (χ3v) is 4.88. The molecule has 0 saturated carbocycles. The van der Waals surface area contributed by atoms with Crippen molar-refractivity contribution in [3.63, 3.8) is 0 Å². The van der Waals surface area contributed by atoms with Crippen LogP contribution in [0.3, 0.4) is 0 Å². The van der Waals surface area contributed by atoms with Crippen molar-refractivity contribution < 1.29 is 5.11 Å². The van der Waals surface area contributed by atoms with E-state index in [0.29, 0.717) is 6.04 Å². The summed E-state index contributed by atoms with van der Waals surface area (Å²) < 4.78 is 2.38. The summed E-state index contributed by atoms with van der Waals surface area (Å²) in [4.78, 5) is 1.41. The molecule has 3 rings (SSSR count). The third-order valence-electron chi connectivity index (χ3n) is 3.90. The molecular weight excluding hydrogens is 242 g/mol. The molecule has 2 aromatic rings. The second kappa shape index (κ2) is 4.90. The molecule has 0 aliphatic heterocycles. The van der Waals surface area contributed by atoms with Crippen molar-refractivity contribution in [3.8, 4) is 0 Å². The number of nitrogens with zero attached hydrogens (tertiary/aromatic N) is 1. The maximum absolute atomic E-state index is 10.0. The van der Waals surface area contributed by atoms with Gasteiger partial charge in [0.25, 0.3) is 0 Å². The first-order valence-electron chi connectivity index (χ1n) is 6.72. The molecular formula is C15H19NOS. The van der Waals surface area contributed by atoms with Gasteiger partial charge < -0.3 is 9.67 Å². The van der Waals surface area contributed by atoms with Crippen molar-refractivity contribution in [1.82, 2.24) is 4.57 Å². The molecule has 2 aromatic heterocycles. The minimum atomic E-state index is -0.254. The van der Waals surface area contributed by atoms with Crippen LogP contribution in [-0.2, 0) is 6.42 Å². The Morgan fingerprint density at radius 3 is 3.11 bits per heavy atom. The number of aliphatic hydroxyl groups excluding tert-OH is 1. The molecule has 0 saturated heterocycles. The maximum atomic E-state index is 10.0. The maximum Gasteiger partial charge on any atom is 0.0807 e. The van der Waals surface area contributed by atoms with E-state index >= 15 is 0 Å². The van der Waals surface area contributed by atoms with Crippen molar-refractivity contribution in [2.24, 2.45) is 0 Å². The third kappa shape index (κ3) is 1.91. The fourth-order valence-corrected chi connectivity index (χ4v) is 3.91. The normalized spacial score (nSPS) is 20.7. The van der Waals surface area contributed by atoms with Crippen LogP contribution in [0.15, 0.2) is 29.8 Å². The lowest BCUT2D eigenvalue weighted by atomic mass is 9.95. The Hall–Kier alpha value is -1.06. The van der Waals surface area contributed by atoms with Crippen LogP contribution >= 0.6 is 11.3 Å². The van der Waals surface area contributed by atoms with Crippen LogP contribution in [0.25, 0.3) is 0 Å². The minimum absolute atomic E-state index is 0.254. The molecule has 1 aliphatic carbocycles. The first-order chi connectivity index (χ1) is 8.81. The van der Waals surface area contributed by atoms with Crippen molar-refractivity contribution in [2.75, 3.05) is 0 Å². The molecule has 0 bridgehead atoms. The molecule has 96 valence electrons. The quantitative estimate of drug-likeness (QED) is 0.890. The van der Waals surface area contributed by atoms with Crippen LogP contribution in [0, 0.1) is 0 Å². The average molecular weight is 261 g/mol. The van der Waals surface area contributed by atoms with Gasteiger partial charge in [0.2, 0.25) is 0 Å². The van der Waals surface area contributed by atoms with E-state index in [4.69, 9.17) is 0 Å². The summed E-state index contributed by atoms with van der Waals surface area (Å²) in [5.41, 5.74) is 2.49. The number of aromatic nitrogens is 1. The van der Waals surface area contributed by atoms with E-state index in [9.17, 15) is 5.11 Å². The monoisotopic (exact) mass is 261 g/mol. The van der Waals surface area contributed by atoms with Gasteiger partial charge in [-0.15, -0.1) is 11.3 Å². The van der Waals surface area contributed by atoms with E-state index in [2.05, 4.69) is 41.3 Å². The van der Waals surface area contributed by atoms with Crippen molar-refractivity contribution in [3.05, 3.63) is 45.9 Å². The molecule has 18 heavy (non-hydrogen) atoms. The molecule has 0 fully saturated rings. The Morgan fingerprint density at radius 2 is 2.39 bits per heavy atom. The highest BCUT2D eigenvalue weighted by atomic mass is 32.1. The summed E-state index contributed by atoms with van der Waals surface area (Å²) in [5.74, 6) is 0. The second-order valence-electron chi connectivity index (χ2n) is 4.97. The summed E-state index contributed by atoms with van der Waals surface area (Å²) in [6, 6.07) is 6.87. The van der Waals surface area contributed by atoms with Crippen molar-refractivity contribution >= 4 is 11.3 Å².